The highest BCUT2D eigenvalue weighted by atomic mass is 16.5. The van der Waals surface area contributed by atoms with Gasteiger partial charge in [0.05, 0.1) is 30.2 Å². The summed E-state index contributed by atoms with van der Waals surface area (Å²) >= 11 is 0. The van der Waals surface area contributed by atoms with Crippen molar-refractivity contribution in [3.63, 3.8) is 0 Å². The number of nitrogens with one attached hydrogen (secondary N) is 2. The summed E-state index contributed by atoms with van der Waals surface area (Å²) in [7, 11) is 0. The molecule has 1 saturated heterocycles. The average molecular weight is 287 g/mol. The molecule has 6 heteroatoms. The van der Waals surface area contributed by atoms with Crippen molar-refractivity contribution in [2.75, 3.05) is 19.7 Å². The van der Waals surface area contributed by atoms with Crippen molar-refractivity contribution < 1.29 is 14.3 Å². The highest BCUT2D eigenvalue weighted by molar-refractivity contribution is 5.94. The molecule has 0 saturated carbocycles. The Morgan fingerprint density at radius 3 is 2.71 bits per heavy atom. The number of benzene rings is 1. The number of hydrogen-bond acceptors (Lipinski definition) is 5. The predicted molar refractivity (Wildman–Crippen MR) is 75.4 cm³/mol. The molecule has 1 aromatic rings. The van der Waals surface area contributed by atoms with Gasteiger partial charge < -0.3 is 15.4 Å². The van der Waals surface area contributed by atoms with E-state index in [2.05, 4.69) is 10.6 Å². The summed E-state index contributed by atoms with van der Waals surface area (Å²) in [4.78, 5) is 24.0. The molecule has 2 rings (SSSR count). The molecule has 0 bridgehead atoms. The van der Waals surface area contributed by atoms with E-state index in [1.807, 2.05) is 6.07 Å². The first-order valence-corrected chi connectivity index (χ1v) is 6.84. The van der Waals surface area contributed by atoms with Crippen LogP contribution in [0.3, 0.4) is 0 Å². The zero-order valence-corrected chi connectivity index (χ0v) is 11.8. The van der Waals surface area contributed by atoms with Gasteiger partial charge in [0.25, 0.3) is 5.91 Å². The van der Waals surface area contributed by atoms with Crippen LogP contribution in [-0.2, 0) is 9.53 Å². The van der Waals surface area contributed by atoms with Crippen LogP contribution >= 0.6 is 0 Å². The van der Waals surface area contributed by atoms with Gasteiger partial charge in [-0.25, -0.2) is 0 Å². The van der Waals surface area contributed by atoms with Crippen molar-refractivity contribution in [2.24, 2.45) is 5.92 Å². The van der Waals surface area contributed by atoms with Crippen LogP contribution in [-0.4, -0.2) is 37.6 Å². The third kappa shape index (κ3) is 3.58. The number of carbonyl (C=O) groups excluding carboxylic acids is 2. The maximum atomic E-state index is 12.2. The van der Waals surface area contributed by atoms with Crippen molar-refractivity contribution in [3.05, 3.63) is 35.4 Å². The number of nitrogens with zero attached hydrogens (tertiary/aromatic N) is 1. The van der Waals surface area contributed by atoms with Gasteiger partial charge in [0, 0.05) is 18.7 Å². The molecule has 110 valence electrons. The molecule has 2 atom stereocenters. The lowest BCUT2D eigenvalue weighted by atomic mass is 10.0. The molecular formula is C15H17N3O3. The van der Waals surface area contributed by atoms with Gasteiger partial charge in [-0.1, -0.05) is 0 Å². The van der Waals surface area contributed by atoms with Crippen LogP contribution in [0.1, 0.15) is 22.8 Å². The fraction of sp³-hybridized carbons (Fsp3) is 0.400. The number of carbonyl (C=O) groups is 2. The monoisotopic (exact) mass is 287 g/mol. The van der Waals surface area contributed by atoms with E-state index < -0.39 is 0 Å². The second kappa shape index (κ2) is 6.86. The van der Waals surface area contributed by atoms with Gasteiger partial charge in [-0.15, -0.1) is 0 Å². The molecule has 0 aromatic heterocycles. The molecule has 0 unspecified atom stereocenters. The molecule has 1 aromatic carbocycles. The maximum absolute atomic E-state index is 12.2. The summed E-state index contributed by atoms with van der Waals surface area (Å²) in [6, 6.07) is 8.08. The molecule has 1 aliphatic heterocycles. The van der Waals surface area contributed by atoms with Crippen molar-refractivity contribution in [1.29, 1.82) is 5.26 Å². The summed E-state index contributed by atoms with van der Waals surface area (Å²) in [6.07, 6.45) is 0. The molecule has 1 fully saturated rings. The molecular weight excluding hydrogens is 270 g/mol. The summed E-state index contributed by atoms with van der Waals surface area (Å²) < 4.78 is 5.01. The Morgan fingerprint density at radius 1 is 1.38 bits per heavy atom. The lowest BCUT2D eigenvalue weighted by Gasteiger charge is -2.18. The normalized spacial score (nSPS) is 20.6. The van der Waals surface area contributed by atoms with E-state index in [0.29, 0.717) is 30.8 Å². The third-order valence-corrected chi connectivity index (χ3v) is 3.40. The van der Waals surface area contributed by atoms with Gasteiger partial charge in [0.15, 0.2) is 0 Å². The van der Waals surface area contributed by atoms with E-state index >= 15 is 0 Å². The summed E-state index contributed by atoms with van der Waals surface area (Å²) in [5, 5.41) is 14.6. The second-order valence-electron chi connectivity index (χ2n) is 4.79. The van der Waals surface area contributed by atoms with Crippen LogP contribution < -0.4 is 10.6 Å². The highest BCUT2D eigenvalue weighted by Crippen LogP contribution is 2.12. The minimum atomic E-state index is -0.368. The Hall–Kier alpha value is -2.39. The fourth-order valence-electron chi connectivity index (χ4n) is 2.28. The first-order chi connectivity index (χ1) is 10.2. The molecule has 1 amide bonds. The lowest BCUT2D eigenvalue weighted by Crippen LogP contribution is -2.43. The molecule has 6 nitrogen and oxygen atoms in total. The first-order valence-electron chi connectivity index (χ1n) is 6.84. The Labute approximate surface area is 123 Å². The molecule has 0 spiro atoms. The van der Waals surface area contributed by atoms with Crippen LogP contribution in [0, 0.1) is 17.2 Å². The smallest absolute Gasteiger partial charge is 0.312 e. The largest absolute Gasteiger partial charge is 0.466 e. The van der Waals surface area contributed by atoms with Gasteiger partial charge in [0.1, 0.15) is 0 Å². The van der Waals surface area contributed by atoms with E-state index in [9.17, 15) is 9.59 Å². The summed E-state index contributed by atoms with van der Waals surface area (Å²) in [6.45, 7) is 3.11. The van der Waals surface area contributed by atoms with Crippen molar-refractivity contribution in [1.82, 2.24) is 10.6 Å². The number of hydrogen-bond donors (Lipinski definition) is 2. The average Bonchev–Trinajstić information content (AvgIpc) is 2.95. The van der Waals surface area contributed by atoms with Crippen molar-refractivity contribution in [3.8, 4) is 6.07 Å². The van der Waals surface area contributed by atoms with Gasteiger partial charge in [-0.05, 0) is 31.2 Å². The number of esters is 1. The predicted octanol–water partition coefficient (Wildman–Crippen LogP) is 0.439. The van der Waals surface area contributed by atoms with Crippen LogP contribution in [0.2, 0.25) is 0 Å². The van der Waals surface area contributed by atoms with Crippen LogP contribution in [0.5, 0.6) is 0 Å². The zero-order chi connectivity index (χ0) is 15.2. The first kappa shape index (κ1) is 15.0. The number of rotatable bonds is 4. The van der Waals surface area contributed by atoms with E-state index in [-0.39, 0.29) is 23.8 Å². The fourth-order valence-corrected chi connectivity index (χ4v) is 2.28. The number of nitriles is 1. The lowest BCUT2D eigenvalue weighted by molar-refractivity contribution is -0.147. The minimum absolute atomic E-state index is 0.262. The van der Waals surface area contributed by atoms with E-state index in [4.69, 9.17) is 10.00 Å². The molecule has 0 aliphatic carbocycles. The standard InChI is InChI=1S/C15H17N3O3/c1-2-21-15(20)12-8-17-9-13(12)18-14(19)11-5-3-10(7-16)4-6-11/h3-6,12-13,17H,2,8-9H2,1H3,(H,18,19)/t12-,13-/m0/s1. The molecule has 0 radical (unpaired) electrons. The SMILES string of the molecule is CCOC(=O)[C@H]1CNC[C@@H]1NC(=O)c1ccc(C#N)cc1. The molecule has 2 N–H and O–H groups in total. The second-order valence-corrected chi connectivity index (χ2v) is 4.79. The van der Waals surface area contributed by atoms with Gasteiger partial charge in [-0.2, -0.15) is 5.26 Å². The highest BCUT2D eigenvalue weighted by Gasteiger charge is 2.35. The van der Waals surface area contributed by atoms with E-state index in [1.54, 1.807) is 31.2 Å². The maximum Gasteiger partial charge on any atom is 0.312 e. The Morgan fingerprint density at radius 2 is 2.10 bits per heavy atom. The Balaban J connectivity index is 2.01. The molecule has 1 aliphatic rings. The van der Waals surface area contributed by atoms with E-state index in [1.165, 1.54) is 0 Å². The quantitative estimate of drug-likeness (QED) is 0.784. The summed E-state index contributed by atoms with van der Waals surface area (Å²) in [5.41, 5.74) is 0.960. The zero-order valence-electron chi connectivity index (χ0n) is 11.8. The van der Waals surface area contributed by atoms with Crippen LogP contribution in [0.15, 0.2) is 24.3 Å². The molecule has 21 heavy (non-hydrogen) atoms. The number of amides is 1. The third-order valence-electron chi connectivity index (χ3n) is 3.40. The van der Waals surface area contributed by atoms with Crippen LogP contribution in [0.25, 0.3) is 0 Å². The van der Waals surface area contributed by atoms with Gasteiger partial charge in [0.2, 0.25) is 0 Å². The Bertz CT molecular complexity index is 563. The topological polar surface area (TPSA) is 91.2 Å². The van der Waals surface area contributed by atoms with Crippen LogP contribution in [0.4, 0.5) is 0 Å². The summed E-state index contributed by atoms with van der Waals surface area (Å²) in [5.74, 6) is -0.928. The minimum Gasteiger partial charge on any atom is -0.466 e. The van der Waals surface area contributed by atoms with E-state index in [0.717, 1.165) is 0 Å². The van der Waals surface area contributed by atoms with Gasteiger partial charge >= 0.3 is 5.97 Å². The Kier molecular flexibility index (Phi) is 4.90. The van der Waals surface area contributed by atoms with Gasteiger partial charge in [-0.3, -0.25) is 9.59 Å². The van der Waals surface area contributed by atoms with Crippen molar-refractivity contribution >= 4 is 11.9 Å². The molecule has 1 heterocycles. The number of ether oxygens (including phenoxy) is 1. The van der Waals surface area contributed by atoms with Crippen molar-refractivity contribution in [2.45, 2.75) is 13.0 Å².